The Morgan fingerprint density at radius 1 is 0.833 bits per heavy atom. The van der Waals surface area contributed by atoms with E-state index in [2.05, 4.69) is 17.0 Å². The molecule has 0 bridgehead atoms. The molecule has 2 fully saturated rings. The van der Waals surface area contributed by atoms with Gasteiger partial charge in [-0.1, -0.05) is 12.1 Å². The lowest BCUT2D eigenvalue weighted by atomic mass is 10.1. The van der Waals surface area contributed by atoms with Gasteiger partial charge in [-0.05, 0) is 37.0 Å². The molecule has 0 unspecified atom stereocenters. The minimum absolute atomic E-state index is 0.158. The molecule has 0 aromatic heterocycles. The van der Waals surface area contributed by atoms with E-state index in [1.54, 1.807) is 6.92 Å². The molecule has 2 aliphatic rings. The van der Waals surface area contributed by atoms with Crippen LogP contribution in [0.3, 0.4) is 0 Å². The number of amides is 2. The minimum atomic E-state index is 0.158. The van der Waals surface area contributed by atoms with Gasteiger partial charge < -0.3 is 9.80 Å². The quantitative estimate of drug-likeness (QED) is 0.852. The van der Waals surface area contributed by atoms with E-state index in [-0.39, 0.29) is 11.8 Å². The maximum absolute atomic E-state index is 12.4. The first-order valence-electron chi connectivity index (χ1n) is 8.99. The predicted molar refractivity (Wildman–Crippen MR) is 93.7 cm³/mol. The predicted octanol–water partition coefficient (Wildman–Crippen LogP) is 1.98. The molecule has 2 heterocycles. The molecule has 0 aliphatic carbocycles. The van der Waals surface area contributed by atoms with E-state index in [0.717, 1.165) is 70.6 Å². The molecule has 1 aromatic carbocycles. The van der Waals surface area contributed by atoms with Crippen molar-refractivity contribution in [1.82, 2.24) is 14.7 Å². The van der Waals surface area contributed by atoms with Crippen LogP contribution in [0.2, 0.25) is 0 Å². The standard InChI is InChI=1S/C19H27N3O2/c1-16(23)21-12-4-9-20(13-14-21)15-17-5-7-18(8-6-17)19(24)22-10-2-3-11-22/h5-8H,2-4,9-15H2,1H3. The van der Waals surface area contributed by atoms with Crippen molar-refractivity contribution in [2.24, 2.45) is 0 Å². The van der Waals surface area contributed by atoms with Crippen LogP contribution < -0.4 is 0 Å². The lowest BCUT2D eigenvalue weighted by molar-refractivity contribution is -0.128. The molecule has 5 nitrogen and oxygen atoms in total. The van der Waals surface area contributed by atoms with E-state index >= 15 is 0 Å². The third-order valence-electron chi connectivity index (χ3n) is 5.03. The average Bonchev–Trinajstić information content (AvgIpc) is 3.02. The lowest BCUT2D eigenvalue weighted by Gasteiger charge is -2.21. The van der Waals surface area contributed by atoms with Crippen molar-refractivity contribution in [3.05, 3.63) is 35.4 Å². The van der Waals surface area contributed by atoms with Crippen LogP contribution in [0.5, 0.6) is 0 Å². The van der Waals surface area contributed by atoms with Gasteiger partial charge in [0.2, 0.25) is 5.91 Å². The summed E-state index contributed by atoms with van der Waals surface area (Å²) in [5.41, 5.74) is 2.02. The topological polar surface area (TPSA) is 43.9 Å². The average molecular weight is 329 g/mol. The maximum atomic E-state index is 12.4. The molecule has 5 heteroatoms. The summed E-state index contributed by atoms with van der Waals surface area (Å²) in [5.74, 6) is 0.326. The molecular formula is C19H27N3O2. The molecule has 3 rings (SSSR count). The number of carbonyl (C=O) groups excluding carboxylic acids is 2. The fraction of sp³-hybridized carbons (Fsp3) is 0.579. The van der Waals surface area contributed by atoms with E-state index in [1.807, 2.05) is 21.9 Å². The van der Waals surface area contributed by atoms with Crippen LogP contribution in [-0.4, -0.2) is 65.8 Å². The molecule has 0 N–H and O–H groups in total. The second-order valence-electron chi connectivity index (χ2n) is 6.83. The highest BCUT2D eigenvalue weighted by Crippen LogP contribution is 2.15. The summed E-state index contributed by atoms with van der Waals surface area (Å²) < 4.78 is 0. The fourth-order valence-corrected chi connectivity index (χ4v) is 3.56. The largest absolute Gasteiger partial charge is 0.342 e. The van der Waals surface area contributed by atoms with Gasteiger partial charge in [-0.3, -0.25) is 14.5 Å². The van der Waals surface area contributed by atoms with Crippen LogP contribution in [0.15, 0.2) is 24.3 Å². The molecular weight excluding hydrogens is 302 g/mol. The molecule has 0 saturated carbocycles. The SMILES string of the molecule is CC(=O)N1CCCN(Cc2ccc(C(=O)N3CCCC3)cc2)CC1. The fourth-order valence-electron chi connectivity index (χ4n) is 3.56. The molecule has 2 aliphatic heterocycles. The third kappa shape index (κ3) is 4.15. The van der Waals surface area contributed by atoms with Crippen LogP contribution >= 0.6 is 0 Å². The smallest absolute Gasteiger partial charge is 0.253 e. The Morgan fingerprint density at radius 3 is 2.17 bits per heavy atom. The summed E-state index contributed by atoms with van der Waals surface area (Å²) in [4.78, 5) is 30.1. The van der Waals surface area contributed by atoms with Gasteiger partial charge in [-0.2, -0.15) is 0 Å². The van der Waals surface area contributed by atoms with Crippen LogP contribution in [0, 0.1) is 0 Å². The third-order valence-corrected chi connectivity index (χ3v) is 5.03. The maximum Gasteiger partial charge on any atom is 0.253 e. The van der Waals surface area contributed by atoms with Gasteiger partial charge in [0.25, 0.3) is 5.91 Å². The number of hydrogen-bond donors (Lipinski definition) is 0. The Bertz CT molecular complexity index is 579. The number of hydrogen-bond acceptors (Lipinski definition) is 3. The van der Waals surface area contributed by atoms with Crippen molar-refractivity contribution < 1.29 is 9.59 Å². The van der Waals surface area contributed by atoms with Crippen molar-refractivity contribution in [2.45, 2.75) is 32.7 Å². The zero-order valence-corrected chi connectivity index (χ0v) is 14.5. The van der Waals surface area contributed by atoms with Gasteiger partial charge in [0.05, 0.1) is 0 Å². The Labute approximate surface area is 144 Å². The van der Waals surface area contributed by atoms with Gasteiger partial charge in [0.15, 0.2) is 0 Å². The Balaban J connectivity index is 1.56. The zero-order chi connectivity index (χ0) is 16.9. The lowest BCUT2D eigenvalue weighted by Crippen LogP contribution is -2.33. The first-order chi connectivity index (χ1) is 11.6. The van der Waals surface area contributed by atoms with Gasteiger partial charge >= 0.3 is 0 Å². The second-order valence-corrected chi connectivity index (χ2v) is 6.83. The highest BCUT2D eigenvalue weighted by atomic mass is 16.2. The number of carbonyl (C=O) groups is 2. The van der Waals surface area contributed by atoms with E-state index in [9.17, 15) is 9.59 Å². The molecule has 2 saturated heterocycles. The molecule has 0 radical (unpaired) electrons. The zero-order valence-electron chi connectivity index (χ0n) is 14.5. The summed E-state index contributed by atoms with van der Waals surface area (Å²) in [6, 6.07) is 8.04. The second kappa shape index (κ2) is 7.79. The Morgan fingerprint density at radius 2 is 1.50 bits per heavy atom. The highest BCUT2D eigenvalue weighted by Gasteiger charge is 2.20. The van der Waals surface area contributed by atoms with Crippen LogP contribution in [-0.2, 0) is 11.3 Å². The Kier molecular flexibility index (Phi) is 5.51. The highest BCUT2D eigenvalue weighted by molar-refractivity contribution is 5.94. The molecule has 0 atom stereocenters. The van der Waals surface area contributed by atoms with Crippen molar-refractivity contribution in [2.75, 3.05) is 39.3 Å². The van der Waals surface area contributed by atoms with Crippen molar-refractivity contribution >= 4 is 11.8 Å². The van der Waals surface area contributed by atoms with Gasteiger partial charge in [0, 0.05) is 58.3 Å². The minimum Gasteiger partial charge on any atom is -0.342 e. The number of nitrogens with zero attached hydrogens (tertiary/aromatic N) is 3. The summed E-state index contributed by atoms with van der Waals surface area (Å²) >= 11 is 0. The van der Waals surface area contributed by atoms with Gasteiger partial charge in [-0.15, -0.1) is 0 Å². The van der Waals surface area contributed by atoms with Crippen molar-refractivity contribution in [3.63, 3.8) is 0 Å². The summed E-state index contributed by atoms with van der Waals surface area (Å²) in [7, 11) is 0. The van der Waals surface area contributed by atoms with Gasteiger partial charge in [0.1, 0.15) is 0 Å². The van der Waals surface area contributed by atoms with E-state index < -0.39 is 0 Å². The molecule has 130 valence electrons. The van der Waals surface area contributed by atoms with E-state index in [4.69, 9.17) is 0 Å². The molecule has 1 aromatic rings. The number of likely N-dealkylation sites (tertiary alicyclic amines) is 1. The summed E-state index contributed by atoms with van der Waals surface area (Å²) in [6.07, 6.45) is 3.26. The summed E-state index contributed by atoms with van der Waals surface area (Å²) in [5, 5.41) is 0. The van der Waals surface area contributed by atoms with Crippen LogP contribution in [0.4, 0.5) is 0 Å². The molecule has 24 heavy (non-hydrogen) atoms. The molecule has 2 amide bonds. The first kappa shape index (κ1) is 17.0. The van der Waals surface area contributed by atoms with E-state index in [0.29, 0.717) is 0 Å². The van der Waals surface area contributed by atoms with Crippen LogP contribution in [0.25, 0.3) is 0 Å². The van der Waals surface area contributed by atoms with Crippen molar-refractivity contribution in [1.29, 1.82) is 0 Å². The van der Waals surface area contributed by atoms with Gasteiger partial charge in [-0.25, -0.2) is 0 Å². The summed E-state index contributed by atoms with van der Waals surface area (Å²) in [6.45, 7) is 7.89. The Hall–Kier alpha value is -1.88. The normalized spacial score (nSPS) is 19.4. The van der Waals surface area contributed by atoms with Crippen molar-refractivity contribution in [3.8, 4) is 0 Å². The molecule has 0 spiro atoms. The van der Waals surface area contributed by atoms with E-state index in [1.165, 1.54) is 5.56 Å². The number of benzene rings is 1. The monoisotopic (exact) mass is 329 g/mol. The first-order valence-corrected chi connectivity index (χ1v) is 8.99. The number of rotatable bonds is 3. The van der Waals surface area contributed by atoms with Crippen LogP contribution in [0.1, 0.15) is 42.1 Å².